The van der Waals surface area contributed by atoms with Gasteiger partial charge in [0, 0.05) is 32.7 Å². The van der Waals surface area contributed by atoms with Crippen LogP contribution in [0.2, 0.25) is 0 Å². The molecule has 0 aliphatic rings. The third-order valence-electron chi connectivity index (χ3n) is 0.0861. The van der Waals surface area contributed by atoms with E-state index in [4.69, 9.17) is 5.41 Å². The molecular formula is C5H10IrNY. The Morgan fingerprint density at radius 1 is 1.38 bits per heavy atom. The third kappa shape index (κ3) is 58.1. The number of hydrogen-bond acceptors (Lipinski definition) is 0. The molecule has 0 heterocycles. The fourth-order valence-electron chi connectivity index (χ4n) is 0. The zero-order chi connectivity index (χ0) is 3.41. The van der Waals surface area contributed by atoms with Crippen molar-refractivity contribution in [3.8, 4) is 0 Å². The number of allylic oxidation sites excluding steroid dienone is 1. The van der Waals surface area contributed by atoms with Gasteiger partial charge in [-0.25, -0.2) is 0 Å². The van der Waals surface area contributed by atoms with Crippen LogP contribution in [-0.2, 0) is 52.8 Å². The van der Waals surface area contributed by atoms with Gasteiger partial charge >= 0.3 is 20.1 Å². The SMILES string of the molecule is C.[CH-]=CC=[N-].[CH3-].[Ir+3].[Y]. The Balaban J connectivity index is -0.00000000750. The van der Waals surface area contributed by atoms with Crippen molar-refractivity contribution in [2.75, 3.05) is 0 Å². The average molecular weight is 365 g/mol. The van der Waals surface area contributed by atoms with Crippen LogP contribution in [0.5, 0.6) is 0 Å². The third-order valence-corrected chi connectivity index (χ3v) is 0.0861. The van der Waals surface area contributed by atoms with Crippen LogP contribution < -0.4 is 0 Å². The summed E-state index contributed by atoms with van der Waals surface area (Å²) in [6, 6.07) is 0. The van der Waals surface area contributed by atoms with Gasteiger partial charge in [0.25, 0.3) is 0 Å². The molecule has 8 heavy (non-hydrogen) atoms. The van der Waals surface area contributed by atoms with Gasteiger partial charge in [-0.2, -0.15) is 0 Å². The Hall–Kier alpha value is 1.16. The van der Waals surface area contributed by atoms with Crippen LogP contribution in [0.4, 0.5) is 0 Å². The minimum Gasteiger partial charge on any atom is -0.911 e. The Labute approximate surface area is 91.1 Å². The van der Waals surface area contributed by atoms with E-state index >= 15 is 0 Å². The Bertz CT molecular complexity index is 33.4. The van der Waals surface area contributed by atoms with E-state index in [0.717, 1.165) is 12.3 Å². The molecule has 0 aromatic rings. The largest absolute Gasteiger partial charge is 3.00 e. The van der Waals surface area contributed by atoms with Crippen molar-refractivity contribution >= 4 is 6.21 Å². The molecule has 0 rings (SSSR count). The van der Waals surface area contributed by atoms with Crippen molar-refractivity contribution < 1.29 is 52.8 Å². The fourth-order valence-corrected chi connectivity index (χ4v) is 0. The van der Waals surface area contributed by atoms with E-state index in [1.165, 1.54) is 0 Å². The quantitative estimate of drug-likeness (QED) is 0.499. The van der Waals surface area contributed by atoms with E-state index in [1.54, 1.807) is 0 Å². The second-order valence-corrected chi connectivity index (χ2v) is 0.342. The van der Waals surface area contributed by atoms with Gasteiger partial charge in [0.1, 0.15) is 0 Å². The molecule has 0 saturated carbocycles. The summed E-state index contributed by atoms with van der Waals surface area (Å²) < 4.78 is 0. The second-order valence-electron chi connectivity index (χ2n) is 0.342. The van der Waals surface area contributed by atoms with Crippen LogP contribution in [0.3, 0.4) is 0 Å². The van der Waals surface area contributed by atoms with Gasteiger partial charge in [-0.1, -0.05) is 7.43 Å². The van der Waals surface area contributed by atoms with Gasteiger partial charge in [0.15, 0.2) is 0 Å². The number of rotatable bonds is 1. The van der Waals surface area contributed by atoms with Crippen molar-refractivity contribution in [3.05, 3.63) is 25.5 Å². The first-order valence-electron chi connectivity index (χ1n) is 0.925. The molecule has 0 N–H and O–H groups in total. The average Bonchev–Trinajstić information content (AvgIpc) is 1.37. The van der Waals surface area contributed by atoms with E-state index in [9.17, 15) is 0 Å². The predicted molar refractivity (Wildman–Crippen MR) is 31.4 cm³/mol. The van der Waals surface area contributed by atoms with E-state index in [-0.39, 0.29) is 67.7 Å². The standard InChI is InChI=1S/C3H3N.CH4.CH3.Ir.Y/c1-2-3-4;;;;/h1-3H;1H4;1H3;;/q-2;;-1;+3;. The summed E-state index contributed by atoms with van der Waals surface area (Å²) in [4.78, 5) is 0. The molecule has 0 saturated heterocycles. The van der Waals surface area contributed by atoms with Gasteiger partial charge in [0.05, 0.1) is 0 Å². The Morgan fingerprint density at radius 2 is 1.50 bits per heavy atom. The number of nitrogens with zero attached hydrogens (tertiary/aromatic N) is 1. The zero-order valence-corrected chi connectivity index (χ0v) is 9.32. The monoisotopic (exact) mass is 366 g/mol. The molecule has 0 atom stereocenters. The number of hydrogen-bond donors (Lipinski definition) is 0. The molecule has 0 aliphatic heterocycles. The maximum atomic E-state index is 7.57. The second kappa shape index (κ2) is 41.9. The van der Waals surface area contributed by atoms with Crippen molar-refractivity contribution in [1.29, 1.82) is 0 Å². The summed E-state index contributed by atoms with van der Waals surface area (Å²) in [5.74, 6) is 0. The summed E-state index contributed by atoms with van der Waals surface area (Å²) in [6.45, 7) is 4.60. The maximum absolute atomic E-state index is 7.57. The van der Waals surface area contributed by atoms with E-state index in [1.807, 2.05) is 0 Å². The molecule has 0 amide bonds. The topological polar surface area (TPSA) is 22.3 Å². The minimum atomic E-state index is 0. The molecule has 0 spiro atoms. The van der Waals surface area contributed by atoms with Gasteiger partial charge in [-0.3, -0.25) is 12.7 Å². The van der Waals surface area contributed by atoms with Crippen LogP contribution >= 0.6 is 0 Å². The van der Waals surface area contributed by atoms with Crippen LogP contribution in [-0.4, -0.2) is 6.21 Å². The van der Waals surface area contributed by atoms with Crippen molar-refractivity contribution in [1.82, 2.24) is 0 Å². The molecule has 0 aliphatic carbocycles. The minimum absolute atomic E-state index is 0. The van der Waals surface area contributed by atoms with Gasteiger partial charge < -0.3 is 19.1 Å². The van der Waals surface area contributed by atoms with Gasteiger partial charge in [0.2, 0.25) is 0 Å². The summed E-state index contributed by atoms with van der Waals surface area (Å²) in [6.07, 6.45) is 1.83. The van der Waals surface area contributed by atoms with Gasteiger partial charge in [-0.05, 0) is 0 Å². The smallest absolute Gasteiger partial charge is 0.911 e. The van der Waals surface area contributed by atoms with Crippen LogP contribution in [0.25, 0.3) is 5.41 Å². The summed E-state index contributed by atoms with van der Waals surface area (Å²) in [5, 5.41) is 7.57. The van der Waals surface area contributed by atoms with E-state index < -0.39 is 0 Å². The molecule has 47 valence electrons. The van der Waals surface area contributed by atoms with Gasteiger partial charge in [-0.15, -0.1) is 0 Å². The molecule has 0 aromatic carbocycles. The van der Waals surface area contributed by atoms with Crippen molar-refractivity contribution in [2.45, 2.75) is 7.43 Å². The summed E-state index contributed by atoms with van der Waals surface area (Å²) in [7, 11) is 0. The molecule has 3 heteroatoms. The van der Waals surface area contributed by atoms with Crippen molar-refractivity contribution in [2.24, 2.45) is 0 Å². The first-order chi connectivity index (χ1) is 1.91. The molecule has 1 nitrogen and oxygen atoms in total. The molecule has 0 unspecified atom stereocenters. The Kier molecular flexibility index (Phi) is 184. The molecular weight excluding hydrogens is 355 g/mol. The van der Waals surface area contributed by atoms with E-state index in [0.29, 0.717) is 0 Å². The van der Waals surface area contributed by atoms with Crippen molar-refractivity contribution in [3.63, 3.8) is 0 Å². The molecule has 0 fully saturated rings. The Morgan fingerprint density at radius 3 is 1.50 bits per heavy atom. The van der Waals surface area contributed by atoms with Crippen LogP contribution in [0.1, 0.15) is 7.43 Å². The first kappa shape index (κ1) is 35.2. The molecule has 1 radical (unpaired) electrons. The van der Waals surface area contributed by atoms with E-state index in [2.05, 4.69) is 6.58 Å². The zero-order valence-electron chi connectivity index (χ0n) is 4.09. The maximum Gasteiger partial charge on any atom is 3.00 e. The fraction of sp³-hybridized carbons (Fsp3) is 0.200. The summed E-state index contributed by atoms with van der Waals surface area (Å²) >= 11 is 0. The first-order valence-corrected chi connectivity index (χ1v) is 0.925. The van der Waals surface area contributed by atoms with Crippen LogP contribution in [0, 0.1) is 14.0 Å². The predicted octanol–water partition coefficient (Wildman–Crippen LogP) is 1.70. The summed E-state index contributed by atoms with van der Waals surface area (Å²) in [5.41, 5.74) is 0. The van der Waals surface area contributed by atoms with Crippen LogP contribution in [0.15, 0.2) is 6.08 Å². The normalized spacial score (nSPS) is 2.50. The molecule has 0 bridgehead atoms. The molecule has 0 aromatic heterocycles.